The lowest BCUT2D eigenvalue weighted by Gasteiger charge is -2.33. The standard InChI is InChI=1S/C18H28N2O2/c1-7-10-22-15-11-13(8-9-14(15)19)16(21)20-18(5,6)12-17(2,3)4/h7-9,11H,1,10,12,19H2,2-6H3,(H,20,21). The highest BCUT2D eigenvalue weighted by Gasteiger charge is 2.27. The van der Waals surface area contributed by atoms with Crippen LogP contribution in [0, 0.1) is 5.41 Å². The molecule has 122 valence electrons. The summed E-state index contributed by atoms with van der Waals surface area (Å²) in [7, 11) is 0. The minimum Gasteiger partial charge on any atom is -0.487 e. The van der Waals surface area contributed by atoms with E-state index in [9.17, 15) is 4.79 Å². The Balaban J connectivity index is 2.87. The van der Waals surface area contributed by atoms with Crippen LogP contribution in [0.1, 0.15) is 51.4 Å². The Morgan fingerprint density at radius 3 is 2.50 bits per heavy atom. The minimum absolute atomic E-state index is 0.127. The number of rotatable bonds is 6. The van der Waals surface area contributed by atoms with Crippen molar-refractivity contribution in [3.63, 3.8) is 0 Å². The average Bonchev–Trinajstić information content (AvgIpc) is 2.34. The van der Waals surface area contributed by atoms with E-state index in [4.69, 9.17) is 10.5 Å². The number of amides is 1. The molecular weight excluding hydrogens is 276 g/mol. The van der Waals surface area contributed by atoms with Crippen molar-refractivity contribution in [3.8, 4) is 5.75 Å². The topological polar surface area (TPSA) is 64.3 Å². The molecule has 1 aromatic carbocycles. The number of benzene rings is 1. The van der Waals surface area contributed by atoms with E-state index in [0.29, 0.717) is 23.6 Å². The van der Waals surface area contributed by atoms with Gasteiger partial charge in [-0.2, -0.15) is 0 Å². The quantitative estimate of drug-likeness (QED) is 0.621. The largest absolute Gasteiger partial charge is 0.487 e. The van der Waals surface area contributed by atoms with Gasteiger partial charge in [-0.05, 0) is 43.9 Å². The summed E-state index contributed by atoms with van der Waals surface area (Å²) < 4.78 is 5.46. The monoisotopic (exact) mass is 304 g/mol. The van der Waals surface area contributed by atoms with E-state index in [2.05, 4.69) is 32.7 Å². The van der Waals surface area contributed by atoms with Crippen molar-refractivity contribution in [1.29, 1.82) is 0 Å². The molecule has 1 rings (SSSR count). The van der Waals surface area contributed by atoms with Gasteiger partial charge in [-0.3, -0.25) is 4.79 Å². The fourth-order valence-electron chi connectivity index (χ4n) is 2.70. The van der Waals surface area contributed by atoms with Crippen LogP contribution >= 0.6 is 0 Å². The average molecular weight is 304 g/mol. The molecule has 0 atom stereocenters. The Morgan fingerprint density at radius 2 is 1.95 bits per heavy atom. The van der Waals surface area contributed by atoms with Gasteiger partial charge in [0.15, 0.2) is 0 Å². The molecule has 4 nitrogen and oxygen atoms in total. The first kappa shape index (κ1) is 18.1. The van der Waals surface area contributed by atoms with Gasteiger partial charge in [0.1, 0.15) is 12.4 Å². The second-order valence-electron chi connectivity index (χ2n) is 7.43. The number of anilines is 1. The van der Waals surface area contributed by atoms with Crippen molar-refractivity contribution < 1.29 is 9.53 Å². The summed E-state index contributed by atoms with van der Waals surface area (Å²) in [6.45, 7) is 14.5. The van der Waals surface area contributed by atoms with Crippen LogP contribution in [0.25, 0.3) is 0 Å². The molecule has 0 aromatic heterocycles. The third-order valence-electron chi connectivity index (χ3n) is 3.06. The second kappa shape index (κ2) is 6.86. The van der Waals surface area contributed by atoms with E-state index in [1.807, 2.05) is 13.8 Å². The second-order valence-corrected chi connectivity index (χ2v) is 7.43. The zero-order valence-corrected chi connectivity index (χ0v) is 14.3. The molecule has 3 N–H and O–H groups in total. The van der Waals surface area contributed by atoms with Crippen LogP contribution in [0.4, 0.5) is 5.69 Å². The van der Waals surface area contributed by atoms with E-state index in [1.54, 1.807) is 24.3 Å². The third-order valence-corrected chi connectivity index (χ3v) is 3.06. The molecule has 0 spiro atoms. The van der Waals surface area contributed by atoms with Gasteiger partial charge in [0.2, 0.25) is 0 Å². The Bertz CT molecular complexity index is 543. The number of nitrogen functional groups attached to an aromatic ring is 1. The minimum atomic E-state index is -0.293. The predicted octanol–water partition coefficient (Wildman–Crippen LogP) is 3.78. The zero-order chi connectivity index (χ0) is 17.0. The molecule has 1 aromatic rings. The highest BCUT2D eigenvalue weighted by atomic mass is 16.5. The number of hydrogen-bond donors (Lipinski definition) is 2. The number of nitrogens with two attached hydrogens (primary N) is 1. The normalized spacial score (nSPS) is 11.9. The fraction of sp³-hybridized carbons (Fsp3) is 0.500. The maximum absolute atomic E-state index is 12.5. The van der Waals surface area contributed by atoms with Crippen LogP contribution in [0.5, 0.6) is 5.75 Å². The number of nitrogens with one attached hydrogen (secondary N) is 1. The van der Waals surface area contributed by atoms with Crippen molar-refractivity contribution in [1.82, 2.24) is 5.32 Å². The van der Waals surface area contributed by atoms with Crippen molar-refractivity contribution in [2.45, 2.75) is 46.6 Å². The van der Waals surface area contributed by atoms with Crippen LogP contribution in [-0.2, 0) is 0 Å². The molecule has 4 heteroatoms. The Kier molecular flexibility index (Phi) is 5.64. The molecule has 22 heavy (non-hydrogen) atoms. The number of carbonyl (C=O) groups is 1. The summed E-state index contributed by atoms with van der Waals surface area (Å²) in [5.74, 6) is 0.374. The first-order chi connectivity index (χ1) is 10.0. The van der Waals surface area contributed by atoms with Gasteiger partial charge in [-0.15, -0.1) is 0 Å². The van der Waals surface area contributed by atoms with Crippen LogP contribution in [-0.4, -0.2) is 18.1 Å². The molecule has 0 saturated carbocycles. The van der Waals surface area contributed by atoms with E-state index >= 15 is 0 Å². The SMILES string of the molecule is C=CCOc1cc(C(=O)NC(C)(C)CC(C)(C)C)ccc1N. The Hall–Kier alpha value is -1.97. The molecule has 0 aliphatic carbocycles. The number of hydrogen-bond acceptors (Lipinski definition) is 3. The zero-order valence-electron chi connectivity index (χ0n) is 14.3. The van der Waals surface area contributed by atoms with Crippen LogP contribution in [0.15, 0.2) is 30.9 Å². The molecular formula is C18H28N2O2. The molecule has 0 saturated heterocycles. The fourth-order valence-corrected chi connectivity index (χ4v) is 2.70. The predicted molar refractivity (Wildman–Crippen MR) is 92.2 cm³/mol. The molecule has 0 bridgehead atoms. The number of ether oxygens (including phenoxy) is 1. The van der Waals surface area contributed by atoms with Crippen molar-refractivity contribution >= 4 is 11.6 Å². The van der Waals surface area contributed by atoms with Crippen molar-refractivity contribution in [2.75, 3.05) is 12.3 Å². The summed E-state index contributed by atoms with van der Waals surface area (Å²) in [5.41, 5.74) is 6.74. The van der Waals surface area contributed by atoms with Crippen LogP contribution in [0.2, 0.25) is 0 Å². The lowest BCUT2D eigenvalue weighted by molar-refractivity contribution is 0.0891. The van der Waals surface area contributed by atoms with Gasteiger partial charge in [0.25, 0.3) is 5.91 Å². The third kappa shape index (κ3) is 5.80. The lowest BCUT2D eigenvalue weighted by Crippen LogP contribution is -2.45. The molecule has 0 aliphatic rings. The highest BCUT2D eigenvalue weighted by Crippen LogP contribution is 2.28. The first-order valence-corrected chi connectivity index (χ1v) is 7.50. The lowest BCUT2D eigenvalue weighted by atomic mass is 9.81. The molecule has 0 aliphatic heterocycles. The molecule has 0 radical (unpaired) electrons. The summed E-state index contributed by atoms with van der Waals surface area (Å²) in [5, 5.41) is 3.08. The molecule has 0 fully saturated rings. The van der Waals surface area contributed by atoms with Gasteiger partial charge < -0.3 is 15.8 Å². The molecule has 0 unspecified atom stereocenters. The van der Waals surface area contributed by atoms with Crippen LogP contribution < -0.4 is 15.8 Å². The Labute approximate surface area is 133 Å². The van der Waals surface area contributed by atoms with Gasteiger partial charge in [-0.1, -0.05) is 33.4 Å². The van der Waals surface area contributed by atoms with Crippen LogP contribution in [0.3, 0.4) is 0 Å². The summed E-state index contributed by atoms with van der Waals surface area (Å²) in [6.07, 6.45) is 2.51. The molecule has 0 heterocycles. The van der Waals surface area contributed by atoms with Crippen molar-refractivity contribution in [2.24, 2.45) is 5.41 Å². The smallest absolute Gasteiger partial charge is 0.251 e. The highest BCUT2D eigenvalue weighted by molar-refractivity contribution is 5.95. The maximum atomic E-state index is 12.5. The van der Waals surface area contributed by atoms with Gasteiger partial charge in [0, 0.05) is 11.1 Å². The van der Waals surface area contributed by atoms with Gasteiger partial charge in [-0.25, -0.2) is 0 Å². The molecule has 1 amide bonds. The van der Waals surface area contributed by atoms with E-state index in [1.165, 1.54) is 0 Å². The van der Waals surface area contributed by atoms with E-state index in [-0.39, 0.29) is 16.9 Å². The summed E-state index contributed by atoms with van der Waals surface area (Å²) in [6, 6.07) is 5.06. The summed E-state index contributed by atoms with van der Waals surface area (Å²) in [4.78, 5) is 12.5. The maximum Gasteiger partial charge on any atom is 0.251 e. The van der Waals surface area contributed by atoms with Crippen molar-refractivity contribution in [3.05, 3.63) is 36.4 Å². The summed E-state index contributed by atoms with van der Waals surface area (Å²) >= 11 is 0. The first-order valence-electron chi connectivity index (χ1n) is 7.50. The number of carbonyl (C=O) groups excluding carboxylic acids is 1. The van der Waals surface area contributed by atoms with E-state index < -0.39 is 0 Å². The van der Waals surface area contributed by atoms with Gasteiger partial charge in [0.05, 0.1) is 5.69 Å². The Morgan fingerprint density at radius 1 is 1.32 bits per heavy atom. The van der Waals surface area contributed by atoms with Gasteiger partial charge >= 0.3 is 0 Å². The van der Waals surface area contributed by atoms with E-state index in [0.717, 1.165) is 6.42 Å².